The molecule has 12 aromatic rings. The highest BCUT2D eigenvalue weighted by atomic mass is 16.1. The maximum Gasteiger partial charge on any atom is 0.181 e. The van der Waals surface area contributed by atoms with Gasteiger partial charge in [-0.2, -0.15) is 36.7 Å². The van der Waals surface area contributed by atoms with Gasteiger partial charge >= 0.3 is 0 Å². The zero-order valence-electron chi connectivity index (χ0n) is 85.9. The highest BCUT2D eigenvalue weighted by molar-refractivity contribution is 5.96. The summed E-state index contributed by atoms with van der Waals surface area (Å²) >= 11 is 0. The van der Waals surface area contributed by atoms with Gasteiger partial charge in [-0.25, -0.2) is 0 Å². The molecule has 0 bridgehead atoms. The van der Waals surface area contributed by atoms with Crippen molar-refractivity contribution in [2.45, 2.75) is 265 Å². The van der Waals surface area contributed by atoms with Crippen LogP contribution in [0.25, 0.3) is 67.2 Å². The SMILES string of the molecule is CCC(=O)c1cc(C)c(-c2cc3c(cc2C#N)N(C(C)C)CCC3)cn1.CCC(=O)c1ncc(-c2cc3c(cc2C#N)N(C(C)C)CCC3)cc1C.Cc1ccc(-c2cc3c(cc2C#N)N(C(C)C)CCC3)nc1.Cc1cccc(-c2cc3c(cc2C#N)N(C(C)C)CCC3)n1.Cc1ccnc(-c2cc3c(cc2C#N)N(C(C)C)CCC3)c1.Cc1nn(C)cc1-c1cc2c(cc1C#N)N(C(C)C)CCC2. The maximum absolute atomic E-state index is 12.0. The third kappa shape index (κ3) is 23.3. The summed E-state index contributed by atoms with van der Waals surface area (Å²) in [5, 5.41) is 62.2. The highest BCUT2D eigenvalue weighted by Crippen LogP contribution is 2.44. The van der Waals surface area contributed by atoms with E-state index in [1.165, 1.54) is 73.9 Å². The Morgan fingerprint density at radius 3 is 1.06 bits per heavy atom. The summed E-state index contributed by atoms with van der Waals surface area (Å²) in [7, 11) is 1.92. The van der Waals surface area contributed by atoms with Gasteiger partial charge in [0.2, 0.25) is 0 Å². The lowest BCUT2D eigenvalue weighted by Crippen LogP contribution is -2.35. The number of carbonyl (C=O) groups excluding carboxylic acids is 2. The zero-order valence-corrected chi connectivity index (χ0v) is 85.9. The van der Waals surface area contributed by atoms with Gasteiger partial charge in [-0.1, -0.05) is 26.0 Å². The topological polar surface area (TPSA) is 279 Å². The minimum atomic E-state index is 0.0400. The van der Waals surface area contributed by atoms with Crippen molar-refractivity contribution < 1.29 is 9.59 Å². The molecule has 18 rings (SSSR count). The minimum Gasteiger partial charge on any atom is -0.369 e. The van der Waals surface area contributed by atoms with Crippen molar-refractivity contribution in [3.8, 4) is 104 Å². The molecule has 21 heteroatoms. The molecule has 0 fully saturated rings. The molecule has 6 aliphatic heterocycles. The van der Waals surface area contributed by atoms with E-state index in [2.05, 4.69) is 228 Å². The summed E-state index contributed by atoms with van der Waals surface area (Å²) in [6, 6.07) is 59.9. The predicted molar refractivity (Wildman–Crippen MR) is 568 cm³/mol. The number of hydrogen-bond acceptors (Lipinski definition) is 20. The van der Waals surface area contributed by atoms with Gasteiger partial charge in [0, 0.05) is 216 Å². The molecule has 6 aromatic heterocycles. The lowest BCUT2D eigenvalue weighted by Gasteiger charge is -2.35. The van der Waals surface area contributed by atoms with Crippen molar-refractivity contribution >= 4 is 45.7 Å². The minimum absolute atomic E-state index is 0.0400. The standard InChI is InChI=1S/2C22H25N3O.3C19H21N3.C18H22N4/c1-5-22(26)20-9-15(4)19(13-24-20)18-10-16-7-6-8-25(14(2)3)21(16)11-17(18)12-23;1-5-21(26)22-15(4)9-18(13-24-22)19-10-16-7-6-8-25(14(2)3)20(16)11-17(19)12-23;1-13(2)22-9-5-7-15-10-17(16(12-20)11-19(15)22)18-8-4-6-14(3)21-18;1-13(2)22-8-4-5-15-9-17(16(11-20)10-19(15)22)18-7-6-14(3)12-21-18;1-13(2)22-8-4-5-15-10-17(16(12-20)11-19(15)22)18-9-14(3)6-7-21-18;1-12(2)22-7-5-6-14-8-16(15(10-19)9-18(14)22)17-11-21(4)20-13(17)3/h2*9-11,13-14H,5-8H2,1-4H3;4,6,8,10-11,13H,5,7,9H2,1-3H3;6-7,9-10,12-13H,4-5,8H2,1-3H3;6-7,9-11,13H,4-5,8H2,1-3H3;8-9,11-12H,5-7H2,1-4H3. The predicted octanol–water partition coefficient (Wildman–Crippen LogP) is 25.1. The van der Waals surface area contributed by atoms with Crippen LogP contribution < -0.4 is 29.4 Å². The number of nitrogens with zero attached hydrogens (tertiary/aromatic N) is 19. The first-order valence-corrected chi connectivity index (χ1v) is 50.1. The van der Waals surface area contributed by atoms with Gasteiger partial charge in [-0.3, -0.25) is 39.2 Å². The number of rotatable bonds is 16. The quantitative estimate of drug-likeness (QED) is 0.0813. The fourth-order valence-electron chi connectivity index (χ4n) is 20.3. The van der Waals surface area contributed by atoms with E-state index in [0.29, 0.717) is 88.3 Å². The number of fused-ring (bicyclic) bond motifs is 6. The second kappa shape index (κ2) is 46.2. The van der Waals surface area contributed by atoms with E-state index in [1.54, 1.807) is 12.4 Å². The van der Waals surface area contributed by atoms with Gasteiger partial charge in [0.1, 0.15) is 11.4 Å². The summed E-state index contributed by atoms with van der Waals surface area (Å²) in [5.74, 6) is 0.0887. The number of Topliss-reactive ketones (excluding diaryl/α,β-unsaturated/α-hetero) is 2. The van der Waals surface area contributed by atoms with E-state index < -0.39 is 0 Å². The van der Waals surface area contributed by atoms with Crippen LogP contribution in [0.15, 0.2) is 158 Å². The number of aryl methyl sites for hydroxylation is 13. The molecule has 6 aliphatic rings. The average Bonchev–Trinajstić information content (AvgIpc) is 1.73. The second-order valence-corrected chi connectivity index (χ2v) is 39.4. The molecule has 0 N–H and O–H groups in total. The number of aromatic nitrogens is 7. The lowest BCUT2D eigenvalue weighted by atomic mass is 9.90. The van der Waals surface area contributed by atoms with Crippen LogP contribution >= 0.6 is 0 Å². The Kier molecular flexibility index (Phi) is 33.9. The second-order valence-electron chi connectivity index (χ2n) is 39.4. The van der Waals surface area contributed by atoms with Crippen LogP contribution in [0.5, 0.6) is 0 Å². The molecule has 0 amide bonds. The molecule has 140 heavy (non-hydrogen) atoms. The van der Waals surface area contributed by atoms with E-state index in [1.807, 2.05) is 164 Å². The van der Waals surface area contributed by atoms with Crippen molar-refractivity contribution in [3.63, 3.8) is 0 Å². The zero-order chi connectivity index (χ0) is 101. The Hall–Kier alpha value is -14.6. The normalized spacial score (nSPS) is 13.8. The Balaban J connectivity index is 0.000000142. The van der Waals surface area contributed by atoms with Crippen LogP contribution in [-0.4, -0.2) is 122 Å². The molecule has 0 aliphatic carbocycles. The summed E-state index contributed by atoms with van der Waals surface area (Å²) in [6.45, 7) is 48.3. The summed E-state index contributed by atoms with van der Waals surface area (Å²) in [6.07, 6.45) is 23.3. The van der Waals surface area contributed by atoms with E-state index in [9.17, 15) is 41.2 Å². The molecule has 6 aromatic carbocycles. The number of carbonyl (C=O) groups is 2. The molecular weight excluding hydrogens is 1730 g/mol. The van der Waals surface area contributed by atoms with Gasteiger partial charge in [-0.15, -0.1) is 0 Å². The van der Waals surface area contributed by atoms with Gasteiger partial charge in [0.25, 0.3) is 0 Å². The molecule has 0 radical (unpaired) electrons. The van der Waals surface area contributed by atoms with Gasteiger partial charge < -0.3 is 29.4 Å². The molecule has 0 saturated heterocycles. The van der Waals surface area contributed by atoms with Gasteiger partial charge in [0.15, 0.2) is 11.6 Å². The van der Waals surface area contributed by atoms with Crippen LogP contribution in [0, 0.1) is 110 Å². The van der Waals surface area contributed by atoms with Crippen molar-refractivity contribution in [2.75, 3.05) is 68.7 Å². The van der Waals surface area contributed by atoms with E-state index in [4.69, 9.17) is 0 Å². The fourth-order valence-corrected chi connectivity index (χ4v) is 20.3. The van der Waals surface area contributed by atoms with Crippen LogP contribution in [0.2, 0.25) is 0 Å². The Labute approximate surface area is 830 Å². The summed E-state index contributed by atoms with van der Waals surface area (Å²) in [5.41, 5.74) is 37.7. The van der Waals surface area contributed by atoms with Crippen LogP contribution in [0.1, 0.15) is 270 Å². The van der Waals surface area contributed by atoms with Crippen molar-refractivity contribution in [1.29, 1.82) is 31.6 Å². The number of ketones is 2. The summed E-state index contributed by atoms with van der Waals surface area (Å²) < 4.78 is 1.81. The van der Waals surface area contributed by atoms with Crippen molar-refractivity contribution in [3.05, 3.63) is 270 Å². The molecule has 21 nitrogen and oxygen atoms in total. The first-order valence-electron chi connectivity index (χ1n) is 50.1. The Bertz CT molecular complexity index is 6720. The fraction of sp³-hybridized carbons (Fsp3) is 0.395. The molecular formula is C119H135N19O2. The van der Waals surface area contributed by atoms with Crippen LogP contribution in [0.3, 0.4) is 0 Å². The number of anilines is 6. The Morgan fingerprint density at radius 2 is 0.714 bits per heavy atom. The number of nitriles is 6. The number of hydrogen-bond donors (Lipinski definition) is 0. The molecule has 0 saturated carbocycles. The molecule has 0 unspecified atom stereocenters. The summed E-state index contributed by atoms with van der Waals surface area (Å²) in [4.78, 5) is 60.5. The smallest absolute Gasteiger partial charge is 0.181 e. The largest absolute Gasteiger partial charge is 0.369 e. The van der Waals surface area contributed by atoms with Crippen LogP contribution in [-0.2, 0) is 45.6 Å². The highest BCUT2D eigenvalue weighted by Gasteiger charge is 2.31. The van der Waals surface area contributed by atoms with E-state index >= 15 is 0 Å². The number of pyridine rings is 5. The first kappa shape index (κ1) is 103. The van der Waals surface area contributed by atoms with E-state index in [-0.39, 0.29) is 11.6 Å². The first-order chi connectivity index (χ1) is 67.2. The van der Waals surface area contributed by atoms with Gasteiger partial charge in [-0.05, 0) is 373 Å². The molecule has 718 valence electrons. The molecule has 12 heterocycles. The average molecular weight is 1860 g/mol. The maximum atomic E-state index is 12.0. The number of benzene rings is 6. The molecule has 0 spiro atoms. The third-order valence-electron chi connectivity index (χ3n) is 27.5. The monoisotopic (exact) mass is 1860 g/mol. The van der Waals surface area contributed by atoms with Gasteiger partial charge in [0.05, 0.1) is 92.6 Å². The van der Waals surface area contributed by atoms with E-state index in [0.717, 1.165) is 216 Å². The third-order valence-corrected chi connectivity index (χ3v) is 27.5. The Morgan fingerprint density at radius 1 is 0.343 bits per heavy atom. The van der Waals surface area contributed by atoms with Crippen LogP contribution in [0.4, 0.5) is 34.1 Å². The molecule has 0 atom stereocenters. The van der Waals surface area contributed by atoms with Crippen molar-refractivity contribution in [2.24, 2.45) is 7.05 Å². The lowest BCUT2D eigenvalue weighted by molar-refractivity contribution is 0.0975. The van der Waals surface area contributed by atoms with Crippen molar-refractivity contribution in [1.82, 2.24) is 34.7 Å².